The van der Waals surface area contributed by atoms with Gasteiger partial charge in [-0.05, 0) is 51.1 Å². The summed E-state index contributed by atoms with van der Waals surface area (Å²) in [6.45, 7) is 1.96. The van der Waals surface area contributed by atoms with Gasteiger partial charge in [0, 0.05) is 18.2 Å². The zero-order valence-corrected chi connectivity index (χ0v) is 12.4. The molecule has 0 spiro atoms. The van der Waals surface area contributed by atoms with Crippen LogP contribution in [-0.4, -0.2) is 32.6 Å². The van der Waals surface area contributed by atoms with Gasteiger partial charge in [0.05, 0.1) is 4.90 Å². The first-order valence-corrected chi connectivity index (χ1v) is 7.85. The second-order valence-corrected chi connectivity index (χ2v) is 6.45. The molecule has 0 aromatic heterocycles. The van der Waals surface area contributed by atoms with Crippen molar-refractivity contribution in [2.24, 2.45) is 0 Å². The molecule has 3 N–H and O–H groups in total. The highest BCUT2D eigenvalue weighted by Gasteiger charge is 2.11. The Kier molecular flexibility index (Phi) is 5.97. The zero-order valence-electron chi connectivity index (χ0n) is 11.6. The highest BCUT2D eigenvalue weighted by Crippen LogP contribution is 2.15. The summed E-state index contributed by atoms with van der Waals surface area (Å²) in [5, 5.41) is 11.8. The molecule has 7 heteroatoms. The molecule has 0 amide bonds. The minimum absolute atomic E-state index is 0.126. The number of carboxylic acids is 1. The molecule has 1 unspecified atom stereocenters. The van der Waals surface area contributed by atoms with Crippen molar-refractivity contribution in [1.82, 2.24) is 4.72 Å². The van der Waals surface area contributed by atoms with Gasteiger partial charge in [-0.2, -0.15) is 0 Å². The third-order valence-corrected chi connectivity index (χ3v) is 4.30. The van der Waals surface area contributed by atoms with Crippen LogP contribution in [0.4, 0.5) is 5.69 Å². The summed E-state index contributed by atoms with van der Waals surface area (Å²) < 4.78 is 25.4. The number of carboxylic acid groups (broad SMARTS) is 1. The molecule has 0 radical (unpaired) electrons. The Bertz CT molecular complexity index is 540. The molecule has 0 heterocycles. The number of carbonyl (C=O) groups is 1. The molecular formula is C13H20N2O4S. The van der Waals surface area contributed by atoms with E-state index < -0.39 is 16.0 Å². The summed E-state index contributed by atoms with van der Waals surface area (Å²) in [6.07, 6.45) is 1.50. The van der Waals surface area contributed by atoms with Crippen LogP contribution in [0, 0.1) is 0 Å². The van der Waals surface area contributed by atoms with Gasteiger partial charge >= 0.3 is 5.97 Å². The number of anilines is 1. The first-order chi connectivity index (χ1) is 9.35. The van der Waals surface area contributed by atoms with E-state index in [0.29, 0.717) is 6.42 Å². The van der Waals surface area contributed by atoms with Gasteiger partial charge in [-0.25, -0.2) is 13.1 Å². The highest BCUT2D eigenvalue weighted by molar-refractivity contribution is 7.89. The lowest BCUT2D eigenvalue weighted by atomic mass is 10.1. The molecule has 1 aromatic carbocycles. The molecule has 6 nitrogen and oxygen atoms in total. The first-order valence-electron chi connectivity index (χ1n) is 6.37. The highest BCUT2D eigenvalue weighted by atomic mass is 32.2. The van der Waals surface area contributed by atoms with Crippen LogP contribution >= 0.6 is 0 Å². The maximum atomic E-state index is 11.6. The maximum Gasteiger partial charge on any atom is 0.303 e. The molecule has 0 aliphatic rings. The van der Waals surface area contributed by atoms with Gasteiger partial charge in [0.15, 0.2) is 0 Å². The van der Waals surface area contributed by atoms with Crippen LogP contribution in [0.25, 0.3) is 0 Å². The van der Waals surface area contributed by atoms with Crippen molar-refractivity contribution in [2.45, 2.75) is 37.1 Å². The van der Waals surface area contributed by atoms with Gasteiger partial charge in [0.1, 0.15) is 0 Å². The van der Waals surface area contributed by atoms with Crippen molar-refractivity contribution in [1.29, 1.82) is 0 Å². The third kappa shape index (κ3) is 5.18. The number of rotatable bonds is 8. The number of aliphatic carboxylic acids is 1. The second kappa shape index (κ2) is 7.25. The van der Waals surface area contributed by atoms with Crippen LogP contribution in [0.2, 0.25) is 0 Å². The van der Waals surface area contributed by atoms with Gasteiger partial charge in [-0.15, -0.1) is 0 Å². The van der Waals surface area contributed by atoms with E-state index >= 15 is 0 Å². The van der Waals surface area contributed by atoms with Crippen LogP contribution in [0.15, 0.2) is 29.2 Å². The van der Waals surface area contributed by atoms with Crippen LogP contribution in [-0.2, 0) is 14.8 Å². The quantitative estimate of drug-likeness (QED) is 0.678. The molecule has 0 fully saturated rings. The summed E-state index contributed by atoms with van der Waals surface area (Å²) in [5.41, 5.74) is 0.808. The van der Waals surface area contributed by atoms with Crippen molar-refractivity contribution < 1.29 is 18.3 Å². The summed E-state index contributed by atoms with van der Waals surface area (Å²) >= 11 is 0. The van der Waals surface area contributed by atoms with Crippen LogP contribution in [0.3, 0.4) is 0 Å². The maximum absolute atomic E-state index is 11.6. The van der Waals surface area contributed by atoms with Crippen molar-refractivity contribution in [3.05, 3.63) is 24.3 Å². The number of nitrogens with one attached hydrogen (secondary N) is 2. The van der Waals surface area contributed by atoms with Gasteiger partial charge in [-0.3, -0.25) is 4.79 Å². The van der Waals surface area contributed by atoms with E-state index in [9.17, 15) is 13.2 Å². The molecule has 0 aliphatic carbocycles. The topological polar surface area (TPSA) is 95.5 Å². The molecule has 0 aliphatic heterocycles. The largest absolute Gasteiger partial charge is 0.481 e. The molecule has 1 aromatic rings. The standard InChI is InChI=1S/C13H20N2O4S/c1-10(4-3-5-13(16)17)15-11-6-8-12(9-7-11)20(18,19)14-2/h6-10,14-15H,3-5H2,1-2H3,(H,16,17). The lowest BCUT2D eigenvalue weighted by Crippen LogP contribution is -2.19. The molecule has 1 rings (SSSR count). The molecule has 0 bridgehead atoms. The fraction of sp³-hybridized carbons (Fsp3) is 0.462. The Morgan fingerprint density at radius 3 is 2.40 bits per heavy atom. The summed E-state index contributed by atoms with van der Waals surface area (Å²) in [4.78, 5) is 10.6. The second-order valence-electron chi connectivity index (χ2n) is 4.56. The lowest BCUT2D eigenvalue weighted by Gasteiger charge is -2.15. The predicted molar refractivity (Wildman–Crippen MR) is 77.3 cm³/mol. The summed E-state index contributed by atoms with van der Waals surface area (Å²) in [7, 11) is -2.04. The van der Waals surface area contributed by atoms with Gasteiger partial charge in [0.25, 0.3) is 0 Å². The third-order valence-electron chi connectivity index (χ3n) is 2.87. The van der Waals surface area contributed by atoms with Crippen molar-refractivity contribution >= 4 is 21.7 Å². The van der Waals surface area contributed by atoms with Gasteiger partial charge < -0.3 is 10.4 Å². The SMILES string of the molecule is CNS(=O)(=O)c1ccc(NC(C)CCCC(=O)O)cc1. The zero-order chi connectivity index (χ0) is 15.2. The molecule has 0 saturated heterocycles. The molecule has 112 valence electrons. The number of benzene rings is 1. The van der Waals surface area contributed by atoms with Crippen molar-refractivity contribution in [2.75, 3.05) is 12.4 Å². The van der Waals surface area contributed by atoms with E-state index in [1.165, 1.54) is 19.2 Å². The average molecular weight is 300 g/mol. The molecule has 0 saturated carbocycles. The lowest BCUT2D eigenvalue weighted by molar-refractivity contribution is -0.137. The van der Waals surface area contributed by atoms with Crippen LogP contribution in [0.1, 0.15) is 26.2 Å². The minimum Gasteiger partial charge on any atom is -0.481 e. The first kappa shape index (κ1) is 16.5. The van der Waals surface area contributed by atoms with Crippen molar-refractivity contribution in [3.63, 3.8) is 0 Å². The Morgan fingerprint density at radius 1 is 1.30 bits per heavy atom. The number of hydrogen-bond acceptors (Lipinski definition) is 4. The fourth-order valence-corrected chi connectivity index (χ4v) is 2.49. The van der Waals surface area contributed by atoms with Crippen LogP contribution in [0.5, 0.6) is 0 Å². The smallest absolute Gasteiger partial charge is 0.303 e. The Balaban J connectivity index is 2.55. The van der Waals surface area contributed by atoms with E-state index in [-0.39, 0.29) is 17.4 Å². The van der Waals surface area contributed by atoms with Gasteiger partial charge in [0.2, 0.25) is 10.0 Å². The number of sulfonamides is 1. The van der Waals surface area contributed by atoms with Gasteiger partial charge in [-0.1, -0.05) is 0 Å². The monoisotopic (exact) mass is 300 g/mol. The summed E-state index contributed by atoms with van der Waals surface area (Å²) in [6, 6.07) is 6.56. The van der Waals surface area contributed by atoms with E-state index in [0.717, 1.165) is 12.1 Å². The van der Waals surface area contributed by atoms with Crippen LogP contribution < -0.4 is 10.0 Å². The summed E-state index contributed by atoms with van der Waals surface area (Å²) in [5.74, 6) is -0.793. The number of hydrogen-bond donors (Lipinski definition) is 3. The van der Waals surface area contributed by atoms with E-state index in [1.54, 1.807) is 12.1 Å². The molecular weight excluding hydrogens is 280 g/mol. The Hall–Kier alpha value is -1.60. The minimum atomic E-state index is -3.41. The normalized spacial score (nSPS) is 12.9. The van der Waals surface area contributed by atoms with E-state index in [2.05, 4.69) is 10.0 Å². The Labute approximate surface area is 119 Å². The van der Waals surface area contributed by atoms with Crippen molar-refractivity contribution in [3.8, 4) is 0 Å². The van der Waals surface area contributed by atoms with E-state index in [1.807, 2.05) is 6.92 Å². The molecule has 1 atom stereocenters. The fourth-order valence-electron chi connectivity index (χ4n) is 1.76. The molecule has 20 heavy (non-hydrogen) atoms. The Morgan fingerprint density at radius 2 is 1.90 bits per heavy atom. The predicted octanol–water partition coefficient (Wildman–Crippen LogP) is 1.65. The van der Waals surface area contributed by atoms with E-state index in [4.69, 9.17) is 5.11 Å². The average Bonchev–Trinajstić information content (AvgIpc) is 2.39.